The molecule has 5 nitrogen and oxygen atoms in total. The topological polar surface area (TPSA) is 75.9 Å². The van der Waals surface area contributed by atoms with Crippen LogP contribution in [0.3, 0.4) is 0 Å². The molecule has 0 aliphatic heterocycles. The molecule has 0 bridgehead atoms. The zero-order valence-electron chi connectivity index (χ0n) is 11.9. The molecule has 8 heteroatoms. The molecule has 21 heavy (non-hydrogen) atoms. The first kappa shape index (κ1) is 15.8. The molecular weight excluding hydrogens is 283 g/mol. The van der Waals surface area contributed by atoms with E-state index in [4.69, 9.17) is 5.84 Å². The molecule has 2 atom stereocenters. The van der Waals surface area contributed by atoms with Gasteiger partial charge in [-0.3, -0.25) is 0 Å². The molecular formula is C13H20F3N5. The fourth-order valence-electron chi connectivity index (χ4n) is 2.80. The van der Waals surface area contributed by atoms with Crippen molar-refractivity contribution in [1.29, 1.82) is 0 Å². The predicted octanol–water partition coefficient (Wildman–Crippen LogP) is 3.16. The molecule has 1 fully saturated rings. The van der Waals surface area contributed by atoms with Crippen LogP contribution in [0.2, 0.25) is 0 Å². The van der Waals surface area contributed by atoms with Gasteiger partial charge in [0.15, 0.2) is 0 Å². The van der Waals surface area contributed by atoms with Crippen LogP contribution >= 0.6 is 0 Å². The van der Waals surface area contributed by atoms with Crippen LogP contribution in [0, 0.1) is 5.92 Å². The standard InChI is InChI=1S/C13H20F3N5/c1-2-8-5-3-4-6-9(8)18-10-7-11(21-17)20-12(19-10)13(14,15)16/h7-9H,2-6,17H2,1H3,(H2,18,19,20,21). The molecule has 1 aliphatic carbocycles. The minimum atomic E-state index is -4.60. The lowest BCUT2D eigenvalue weighted by Gasteiger charge is -2.32. The zero-order valence-corrected chi connectivity index (χ0v) is 11.9. The van der Waals surface area contributed by atoms with Crippen LogP contribution in [-0.4, -0.2) is 16.0 Å². The number of hydrogen-bond donors (Lipinski definition) is 3. The van der Waals surface area contributed by atoms with Gasteiger partial charge in [-0.1, -0.05) is 26.2 Å². The monoisotopic (exact) mass is 303 g/mol. The van der Waals surface area contributed by atoms with Crippen molar-refractivity contribution in [3.63, 3.8) is 0 Å². The minimum Gasteiger partial charge on any atom is -0.367 e. The number of nitrogens with zero attached hydrogens (tertiary/aromatic N) is 2. The number of hydrazine groups is 1. The number of anilines is 2. The minimum absolute atomic E-state index is 0.0521. The number of rotatable bonds is 4. The van der Waals surface area contributed by atoms with E-state index in [-0.39, 0.29) is 17.7 Å². The van der Waals surface area contributed by atoms with Gasteiger partial charge in [0, 0.05) is 12.1 Å². The van der Waals surface area contributed by atoms with E-state index >= 15 is 0 Å². The molecule has 0 saturated heterocycles. The van der Waals surface area contributed by atoms with Crippen LogP contribution in [0.4, 0.5) is 24.8 Å². The number of hydrogen-bond acceptors (Lipinski definition) is 5. The molecule has 2 rings (SSSR count). The summed E-state index contributed by atoms with van der Waals surface area (Å²) >= 11 is 0. The summed E-state index contributed by atoms with van der Waals surface area (Å²) in [5.74, 6) is 4.56. The predicted molar refractivity (Wildman–Crippen MR) is 74.5 cm³/mol. The number of halogens is 3. The Morgan fingerprint density at radius 1 is 1.24 bits per heavy atom. The lowest BCUT2D eigenvalue weighted by atomic mass is 9.83. The van der Waals surface area contributed by atoms with Crippen molar-refractivity contribution in [3.05, 3.63) is 11.9 Å². The van der Waals surface area contributed by atoms with E-state index in [1.165, 1.54) is 12.5 Å². The van der Waals surface area contributed by atoms with Gasteiger partial charge in [0.1, 0.15) is 11.6 Å². The highest BCUT2D eigenvalue weighted by molar-refractivity contribution is 5.47. The van der Waals surface area contributed by atoms with E-state index in [1.54, 1.807) is 0 Å². The molecule has 1 saturated carbocycles. The number of nitrogens with one attached hydrogen (secondary N) is 2. The highest BCUT2D eigenvalue weighted by Gasteiger charge is 2.36. The molecule has 1 aliphatic rings. The van der Waals surface area contributed by atoms with Gasteiger partial charge in [0.25, 0.3) is 0 Å². The van der Waals surface area contributed by atoms with Crippen LogP contribution in [0.15, 0.2) is 6.07 Å². The molecule has 2 unspecified atom stereocenters. The largest absolute Gasteiger partial charge is 0.451 e. The maximum absolute atomic E-state index is 12.8. The fraction of sp³-hybridized carbons (Fsp3) is 0.692. The van der Waals surface area contributed by atoms with Crippen molar-refractivity contribution in [3.8, 4) is 0 Å². The van der Waals surface area contributed by atoms with Crippen LogP contribution in [0.1, 0.15) is 44.9 Å². The Morgan fingerprint density at radius 3 is 2.52 bits per heavy atom. The van der Waals surface area contributed by atoms with Gasteiger partial charge in [-0.05, 0) is 18.8 Å². The zero-order chi connectivity index (χ0) is 15.5. The number of alkyl halides is 3. The lowest BCUT2D eigenvalue weighted by Crippen LogP contribution is -2.32. The summed E-state index contributed by atoms with van der Waals surface area (Å²) in [7, 11) is 0. The Hall–Kier alpha value is -1.57. The van der Waals surface area contributed by atoms with Crippen molar-refractivity contribution < 1.29 is 13.2 Å². The number of nitrogens with two attached hydrogens (primary N) is 1. The fourth-order valence-corrected chi connectivity index (χ4v) is 2.80. The van der Waals surface area contributed by atoms with Crippen molar-refractivity contribution in [2.24, 2.45) is 11.8 Å². The van der Waals surface area contributed by atoms with Gasteiger partial charge >= 0.3 is 6.18 Å². The maximum atomic E-state index is 12.8. The second kappa shape index (κ2) is 6.46. The molecule has 0 amide bonds. The third kappa shape index (κ3) is 3.96. The van der Waals surface area contributed by atoms with E-state index in [0.29, 0.717) is 5.92 Å². The quantitative estimate of drug-likeness (QED) is 0.588. The van der Waals surface area contributed by atoms with Crippen LogP contribution in [0.25, 0.3) is 0 Å². The number of nitrogen functional groups attached to an aromatic ring is 1. The van der Waals surface area contributed by atoms with E-state index < -0.39 is 12.0 Å². The van der Waals surface area contributed by atoms with Gasteiger partial charge in [0.05, 0.1) is 0 Å². The summed E-state index contributed by atoms with van der Waals surface area (Å²) in [5, 5.41) is 3.12. The third-order valence-electron chi connectivity index (χ3n) is 3.89. The van der Waals surface area contributed by atoms with Crippen LogP contribution in [0.5, 0.6) is 0 Å². The molecule has 1 aromatic rings. The summed E-state index contributed by atoms with van der Waals surface area (Å²) in [6.45, 7) is 2.10. The molecule has 118 valence electrons. The van der Waals surface area contributed by atoms with Crippen molar-refractivity contribution in [2.75, 3.05) is 10.7 Å². The summed E-state index contributed by atoms with van der Waals surface area (Å²) < 4.78 is 38.4. The van der Waals surface area contributed by atoms with Gasteiger partial charge in [-0.15, -0.1) is 0 Å². The Labute approximate surface area is 121 Å². The molecule has 0 aromatic carbocycles. The summed E-state index contributed by atoms with van der Waals surface area (Å²) in [6, 6.07) is 1.54. The van der Waals surface area contributed by atoms with Crippen molar-refractivity contribution in [1.82, 2.24) is 9.97 Å². The van der Waals surface area contributed by atoms with Gasteiger partial charge in [-0.2, -0.15) is 13.2 Å². The van der Waals surface area contributed by atoms with E-state index in [0.717, 1.165) is 25.7 Å². The SMILES string of the molecule is CCC1CCCCC1Nc1cc(NN)nc(C(F)(F)F)n1. The molecule has 4 N–H and O–H groups in total. The smallest absolute Gasteiger partial charge is 0.367 e. The second-order valence-corrected chi connectivity index (χ2v) is 5.31. The summed E-state index contributed by atoms with van der Waals surface area (Å²) in [5.41, 5.74) is 2.15. The average molecular weight is 303 g/mol. The Balaban J connectivity index is 2.22. The molecule has 1 aromatic heterocycles. The second-order valence-electron chi connectivity index (χ2n) is 5.31. The Kier molecular flexibility index (Phi) is 4.87. The first-order valence-electron chi connectivity index (χ1n) is 7.13. The molecule has 0 spiro atoms. The summed E-state index contributed by atoms with van der Waals surface area (Å²) in [6.07, 6.45) is 0.677. The third-order valence-corrected chi connectivity index (χ3v) is 3.89. The van der Waals surface area contributed by atoms with Crippen LogP contribution < -0.4 is 16.6 Å². The normalized spacial score (nSPS) is 22.9. The lowest BCUT2D eigenvalue weighted by molar-refractivity contribution is -0.144. The molecule has 0 radical (unpaired) electrons. The van der Waals surface area contributed by atoms with Crippen molar-refractivity contribution >= 4 is 11.6 Å². The van der Waals surface area contributed by atoms with E-state index in [9.17, 15) is 13.2 Å². The molecule has 1 heterocycles. The first-order valence-corrected chi connectivity index (χ1v) is 7.13. The van der Waals surface area contributed by atoms with E-state index in [1.807, 2.05) is 0 Å². The summed E-state index contributed by atoms with van der Waals surface area (Å²) in [4.78, 5) is 6.92. The highest BCUT2D eigenvalue weighted by Crippen LogP contribution is 2.31. The highest BCUT2D eigenvalue weighted by atomic mass is 19.4. The van der Waals surface area contributed by atoms with Crippen molar-refractivity contribution in [2.45, 2.75) is 51.2 Å². The first-order chi connectivity index (χ1) is 9.94. The van der Waals surface area contributed by atoms with Gasteiger partial charge in [0.2, 0.25) is 5.82 Å². The van der Waals surface area contributed by atoms with Crippen LogP contribution in [-0.2, 0) is 6.18 Å². The van der Waals surface area contributed by atoms with E-state index in [2.05, 4.69) is 27.6 Å². The number of aromatic nitrogens is 2. The van der Waals surface area contributed by atoms with Gasteiger partial charge in [-0.25, -0.2) is 15.8 Å². The average Bonchev–Trinajstić information content (AvgIpc) is 2.46. The Morgan fingerprint density at radius 2 is 1.90 bits per heavy atom. The Bertz CT molecular complexity index is 477. The van der Waals surface area contributed by atoms with Gasteiger partial charge < -0.3 is 10.7 Å². The maximum Gasteiger partial charge on any atom is 0.451 e.